The Hall–Kier alpha value is -1.62. The minimum Gasteiger partial charge on any atom is -0.466 e. The van der Waals surface area contributed by atoms with Crippen molar-refractivity contribution in [3.05, 3.63) is 45.4 Å². The molecular formula is C13H13BrN2O2. The largest absolute Gasteiger partial charge is 0.466 e. The van der Waals surface area contributed by atoms with Crippen molar-refractivity contribution in [2.24, 2.45) is 0 Å². The third kappa shape index (κ3) is 2.46. The lowest BCUT2D eigenvalue weighted by Gasteiger charge is -2.04. The highest BCUT2D eigenvalue weighted by molar-refractivity contribution is 9.10. The zero-order valence-electron chi connectivity index (χ0n) is 10.4. The number of hydrogen-bond donors (Lipinski definition) is 1. The fourth-order valence-electron chi connectivity index (χ4n) is 1.76. The maximum absolute atomic E-state index is 12.1. The number of halogens is 1. The van der Waals surface area contributed by atoms with E-state index >= 15 is 0 Å². The Balaban J connectivity index is 2.24. The van der Waals surface area contributed by atoms with E-state index in [4.69, 9.17) is 4.42 Å². The number of furan rings is 1. The molecule has 0 unspecified atom stereocenters. The van der Waals surface area contributed by atoms with Gasteiger partial charge in [0.25, 0.3) is 5.91 Å². The Morgan fingerprint density at radius 3 is 2.50 bits per heavy atom. The van der Waals surface area contributed by atoms with Gasteiger partial charge in [-0.25, -0.2) is 4.98 Å². The number of carbonyl (C=O) groups is 1. The number of carbonyl (C=O) groups excluding carboxylic acids is 1. The normalized spacial score (nSPS) is 10.4. The minimum atomic E-state index is -0.198. The fraction of sp³-hybridized carbons (Fsp3) is 0.231. The Kier molecular flexibility index (Phi) is 3.52. The zero-order valence-corrected chi connectivity index (χ0v) is 12.0. The van der Waals surface area contributed by atoms with Crippen LogP contribution in [0.5, 0.6) is 0 Å². The monoisotopic (exact) mass is 308 g/mol. The highest BCUT2D eigenvalue weighted by Crippen LogP contribution is 2.21. The minimum absolute atomic E-state index is 0.198. The summed E-state index contributed by atoms with van der Waals surface area (Å²) in [5.41, 5.74) is 1.44. The molecule has 0 saturated heterocycles. The van der Waals surface area contributed by atoms with Gasteiger partial charge in [0.15, 0.2) is 0 Å². The molecule has 4 nitrogen and oxygen atoms in total. The Labute approximate surface area is 114 Å². The summed E-state index contributed by atoms with van der Waals surface area (Å²) in [6.45, 7) is 5.50. The van der Waals surface area contributed by atoms with E-state index in [1.165, 1.54) is 0 Å². The van der Waals surface area contributed by atoms with Crippen LogP contribution in [0.25, 0.3) is 0 Å². The van der Waals surface area contributed by atoms with E-state index in [0.29, 0.717) is 17.1 Å². The molecule has 0 aliphatic heterocycles. The lowest BCUT2D eigenvalue weighted by Crippen LogP contribution is -2.14. The lowest BCUT2D eigenvalue weighted by atomic mass is 10.1. The molecule has 2 aromatic heterocycles. The smallest absolute Gasteiger partial charge is 0.260 e. The maximum atomic E-state index is 12.1. The first-order valence-electron chi connectivity index (χ1n) is 5.48. The Morgan fingerprint density at radius 2 is 2.00 bits per heavy atom. The van der Waals surface area contributed by atoms with Crippen LogP contribution >= 0.6 is 15.9 Å². The van der Waals surface area contributed by atoms with Crippen molar-refractivity contribution in [2.75, 3.05) is 5.32 Å². The number of rotatable bonds is 2. The summed E-state index contributed by atoms with van der Waals surface area (Å²) in [6, 6.07) is 3.56. The van der Waals surface area contributed by atoms with Gasteiger partial charge in [-0.1, -0.05) is 0 Å². The lowest BCUT2D eigenvalue weighted by molar-refractivity contribution is 0.102. The predicted molar refractivity (Wildman–Crippen MR) is 72.8 cm³/mol. The quantitative estimate of drug-likeness (QED) is 0.922. The van der Waals surface area contributed by atoms with Gasteiger partial charge in [-0.15, -0.1) is 0 Å². The van der Waals surface area contributed by atoms with Crippen LogP contribution in [0.15, 0.2) is 27.2 Å². The molecule has 0 saturated carbocycles. The van der Waals surface area contributed by atoms with Gasteiger partial charge in [0.05, 0.1) is 5.56 Å². The van der Waals surface area contributed by atoms with Gasteiger partial charge in [0, 0.05) is 16.2 Å². The molecule has 5 heteroatoms. The van der Waals surface area contributed by atoms with E-state index in [1.807, 2.05) is 19.9 Å². The molecule has 1 N–H and O–H groups in total. The van der Waals surface area contributed by atoms with Gasteiger partial charge >= 0.3 is 0 Å². The number of nitrogens with one attached hydrogen (secondary N) is 1. The van der Waals surface area contributed by atoms with E-state index in [-0.39, 0.29) is 5.91 Å². The SMILES string of the molecule is Cc1oc(C)c(C(=O)Nc2ccc(Br)cn2)c1C. The van der Waals surface area contributed by atoms with Gasteiger partial charge in [-0.2, -0.15) is 0 Å². The van der Waals surface area contributed by atoms with Crippen LogP contribution in [0.4, 0.5) is 5.82 Å². The fourth-order valence-corrected chi connectivity index (χ4v) is 1.99. The van der Waals surface area contributed by atoms with Gasteiger partial charge in [-0.3, -0.25) is 4.79 Å². The molecule has 0 aliphatic rings. The Bertz CT molecular complexity index is 588. The van der Waals surface area contributed by atoms with Crippen LogP contribution in [0, 0.1) is 20.8 Å². The van der Waals surface area contributed by atoms with E-state index in [1.54, 1.807) is 19.2 Å². The highest BCUT2D eigenvalue weighted by Gasteiger charge is 2.18. The van der Waals surface area contributed by atoms with Crippen LogP contribution in [-0.4, -0.2) is 10.9 Å². The van der Waals surface area contributed by atoms with Gasteiger partial charge < -0.3 is 9.73 Å². The summed E-state index contributed by atoms with van der Waals surface area (Å²) in [5.74, 6) is 1.71. The molecule has 0 fully saturated rings. The molecule has 2 aromatic rings. The second kappa shape index (κ2) is 4.94. The average molecular weight is 309 g/mol. The third-order valence-electron chi connectivity index (χ3n) is 2.76. The third-order valence-corrected chi connectivity index (χ3v) is 3.23. The van der Waals surface area contributed by atoms with Crippen LogP contribution < -0.4 is 5.32 Å². The van der Waals surface area contributed by atoms with Crippen LogP contribution in [0.2, 0.25) is 0 Å². The summed E-state index contributed by atoms with van der Waals surface area (Å²) in [7, 11) is 0. The van der Waals surface area contributed by atoms with Gasteiger partial charge in [0.1, 0.15) is 17.3 Å². The number of anilines is 1. The molecule has 94 valence electrons. The first-order chi connectivity index (χ1) is 8.49. The van der Waals surface area contributed by atoms with Gasteiger partial charge in [-0.05, 0) is 48.8 Å². The zero-order chi connectivity index (χ0) is 13.3. The molecular weight excluding hydrogens is 296 g/mol. The van der Waals surface area contributed by atoms with Crippen LogP contribution in [-0.2, 0) is 0 Å². The average Bonchev–Trinajstić information content (AvgIpc) is 2.56. The molecule has 0 aromatic carbocycles. The second-order valence-electron chi connectivity index (χ2n) is 4.03. The predicted octanol–water partition coefficient (Wildman–Crippen LogP) is 3.61. The van der Waals surface area contributed by atoms with Crippen molar-refractivity contribution in [1.82, 2.24) is 4.98 Å². The summed E-state index contributed by atoms with van der Waals surface area (Å²) in [4.78, 5) is 16.2. The number of aromatic nitrogens is 1. The summed E-state index contributed by atoms with van der Waals surface area (Å²) >= 11 is 3.29. The topological polar surface area (TPSA) is 55.1 Å². The van der Waals surface area contributed by atoms with E-state index in [2.05, 4.69) is 26.2 Å². The number of aryl methyl sites for hydroxylation is 2. The van der Waals surface area contributed by atoms with Gasteiger partial charge in [0.2, 0.25) is 0 Å². The van der Waals surface area contributed by atoms with E-state index in [9.17, 15) is 4.79 Å². The van der Waals surface area contributed by atoms with Crippen LogP contribution in [0.3, 0.4) is 0 Å². The standard InChI is InChI=1S/C13H13BrN2O2/c1-7-8(2)18-9(3)12(7)13(17)16-11-5-4-10(14)6-15-11/h4-6H,1-3H3,(H,15,16,17). The van der Waals surface area contributed by atoms with Crippen molar-refractivity contribution >= 4 is 27.7 Å². The molecule has 0 spiro atoms. The highest BCUT2D eigenvalue weighted by atomic mass is 79.9. The first kappa shape index (κ1) is 12.8. The number of pyridine rings is 1. The van der Waals surface area contributed by atoms with Crippen molar-refractivity contribution in [3.8, 4) is 0 Å². The number of hydrogen-bond acceptors (Lipinski definition) is 3. The molecule has 0 aliphatic carbocycles. The second-order valence-corrected chi connectivity index (χ2v) is 4.95. The summed E-state index contributed by atoms with van der Waals surface area (Å²) in [5, 5.41) is 2.75. The summed E-state index contributed by atoms with van der Waals surface area (Å²) < 4.78 is 6.30. The van der Waals surface area contributed by atoms with E-state index in [0.717, 1.165) is 15.8 Å². The van der Waals surface area contributed by atoms with Crippen molar-refractivity contribution in [1.29, 1.82) is 0 Å². The van der Waals surface area contributed by atoms with E-state index < -0.39 is 0 Å². The van der Waals surface area contributed by atoms with Crippen molar-refractivity contribution in [3.63, 3.8) is 0 Å². The Morgan fingerprint density at radius 1 is 1.28 bits per heavy atom. The molecule has 2 rings (SSSR count). The first-order valence-corrected chi connectivity index (χ1v) is 6.28. The van der Waals surface area contributed by atoms with Crippen molar-refractivity contribution in [2.45, 2.75) is 20.8 Å². The number of nitrogens with zero attached hydrogens (tertiary/aromatic N) is 1. The molecule has 1 amide bonds. The molecule has 2 heterocycles. The maximum Gasteiger partial charge on any atom is 0.260 e. The van der Waals surface area contributed by atoms with Crippen LogP contribution in [0.1, 0.15) is 27.4 Å². The molecule has 0 atom stereocenters. The molecule has 0 bridgehead atoms. The summed E-state index contributed by atoms with van der Waals surface area (Å²) in [6.07, 6.45) is 1.63. The van der Waals surface area contributed by atoms with Crippen molar-refractivity contribution < 1.29 is 9.21 Å². The molecule has 0 radical (unpaired) electrons. The molecule has 18 heavy (non-hydrogen) atoms. The number of amides is 1.